The summed E-state index contributed by atoms with van der Waals surface area (Å²) in [6, 6.07) is 12.6. The van der Waals surface area contributed by atoms with Gasteiger partial charge in [0.2, 0.25) is 17.4 Å². The number of para-hydroxylation sites is 3. The lowest BCUT2D eigenvalue weighted by atomic mass is 10.1. The molecule has 0 fully saturated rings. The highest BCUT2D eigenvalue weighted by Gasteiger charge is 2.27. The molecule has 0 saturated carbocycles. The van der Waals surface area contributed by atoms with E-state index in [1.165, 1.54) is 85.7 Å². The number of aromatic nitrogens is 1. The van der Waals surface area contributed by atoms with Gasteiger partial charge in [0.05, 0.1) is 45.0 Å². The van der Waals surface area contributed by atoms with Crippen LogP contribution >= 0.6 is 0 Å². The van der Waals surface area contributed by atoms with Crippen molar-refractivity contribution in [3.63, 3.8) is 0 Å². The Hall–Kier alpha value is -7.66. The smallest absolute Gasteiger partial charge is 0.504 e. The van der Waals surface area contributed by atoms with Crippen LogP contribution in [0.3, 0.4) is 0 Å². The zero-order chi connectivity index (χ0) is 48.3. The van der Waals surface area contributed by atoms with Crippen molar-refractivity contribution in [2.24, 2.45) is 0 Å². The minimum Gasteiger partial charge on any atom is -0.504 e. The minimum absolute atomic E-state index is 0.00203. The number of ether oxygens (including phenoxy) is 4. The molecule has 356 valence electrons. The number of fused-ring (bicyclic) bond motifs is 1. The Morgan fingerprint density at radius 1 is 0.667 bits per heavy atom. The summed E-state index contributed by atoms with van der Waals surface area (Å²) in [7, 11) is 6.08. The van der Waals surface area contributed by atoms with Crippen LogP contribution in [0.25, 0.3) is 11.0 Å². The summed E-state index contributed by atoms with van der Waals surface area (Å²) in [5.74, 6) is -5.33. The van der Waals surface area contributed by atoms with Crippen LogP contribution in [0.4, 0.5) is 9.59 Å². The number of carbonyl (C=O) groups is 6. The number of benzene rings is 3. The predicted molar refractivity (Wildman–Crippen MR) is 227 cm³/mol. The van der Waals surface area contributed by atoms with Gasteiger partial charge in [0.25, 0.3) is 17.4 Å². The Labute approximate surface area is 376 Å². The van der Waals surface area contributed by atoms with Gasteiger partial charge in [-0.2, -0.15) is 9.78 Å². The molecule has 1 heterocycles. The van der Waals surface area contributed by atoms with Crippen LogP contribution in [0.5, 0.6) is 28.7 Å². The first-order valence-electron chi connectivity index (χ1n) is 20.2. The van der Waals surface area contributed by atoms with Crippen molar-refractivity contribution < 1.29 is 81.9 Å². The Balaban J connectivity index is 1.45. The van der Waals surface area contributed by atoms with Crippen molar-refractivity contribution in [2.45, 2.75) is 45.1 Å². The molecule has 23 heteroatoms. The highest BCUT2D eigenvalue weighted by Crippen LogP contribution is 2.34. The number of methoxy groups -OCH3 is 2. The van der Waals surface area contributed by atoms with Crippen LogP contribution in [0, 0.1) is 0 Å². The number of hydrogen-bond donors (Lipinski definition) is 2. The quantitative estimate of drug-likeness (QED) is 0.0330. The third kappa shape index (κ3) is 13.7. The van der Waals surface area contributed by atoms with E-state index in [1.54, 1.807) is 0 Å². The highest BCUT2D eigenvalue weighted by atomic mass is 17.2. The fraction of sp³-hybridized carbons (Fsp3) is 0.395. The second-order valence-corrected chi connectivity index (χ2v) is 14.1. The van der Waals surface area contributed by atoms with Gasteiger partial charge < -0.3 is 58.1 Å². The standard InChI is InChI=1S/C43H50N4O19/c1-44(38(52)27-14-9-17-30(35(27)51)62-42(56)58-2)21-8-6-7-20-33(48)46(26-34(49)50)24-12-22-45(39(53)28-15-10-19-32(66-61-5)37(28)64-43(57)59-3)23-13-25-47-40(54)29-16-11-18-31(65-60-4)36(29)63-41(47)55/h9-11,14-19,51H,6-8,12-13,20-26H2,1-5H3,(H,49,50). The maximum atomic E-state index is 14.3. The summed E-state index contributed by atoms with van der Waals surface area (Å²) in [4.78, 5) is 126. The van der Waals surface area contributed by atoms with Crippen LogP contribution in [-0.2, 0) is 35.4 Å². The average molecular weight is 927 g/mol. The number of rotatable bonds is 24. The summed E-state index contributed by atoms with van der Waals surface area (Å²) in [5, 5.41) is 20.2. The van der Waals surface area contributed by atoms with Crippen molar-refractivity contribution in [3.8, 4) is 28.7 Å². The van der Waals surface area contributed by atoms with Crippen molar-refractivity contribution in [3.05, 3.63) is 86.6 Å². The number of unbranched alkanes of at least 4 members (excludes halogenated alkanes) is 2. The number of carbonyl (C=O) groups excluding carboxylic acids is 5. The molecule has 0 aliphatic heterocycles. The maximum absolute atomic E-state index is 14.3. The fourth-order valence-electron chi connectivity index (χ4n) is 6.57. The van der Waals surface area contributed by atoms with Crippen molar-refractivity contribution in [1.82, 2.24) is 19.3 Å². The van der Waals surface area contributed by atoms with Crippen molar-refractivity contribution in [2.75, 3.05) is 68.2 Å². The number of carboxylic acid groups (broad SMARTS) is 1. The third-order valence-corrected chi connectivity index (χ3v) is 9.72. The Morgan fingerprint density at radius 2 is 1.27 bits per heavy atom. The van der Waals surface area contributed by atoms with E-state index in [1.807, 2.05) is 0 Å². The molecule has 2 N–H and O–H groups in total. The molecule has 1 aromatic heterocycles. The fourth-order valence-corrected chi connectivity index (χ4v) is 6.57. The van der Waals surface area contributed by atoms with E-state index in [0.29, 0.717) is 19.3 Å². The van der Waals surface area contributed by atoms with Gasteiger partial charge >= 0.3 is 24.0 Å². The van der Waals surface area contributed by atoms with Gasteiger partial charge in [-0.15, -0.1) is 0 Å². The Bertz CT molecular complexity index is 2490. The molecule has 0 spiro atoms. The molecule has 0 saturated heterocycles. The molecule has 23 nitrogen and oxygen atoms in total. The number of phenolic OH excluding ortho intramolecular Hbond substituents is 1. The molecular formula is C43H50N4O19. The SMILES string of the molecule is COOc1cccc(C(=O)N(CCCN(CC(=O)O)C(=O)CCCCCN(C)C(=O)c2cccc(OC(=O)OC)c2O)CCCn2c(=O)oc3c(OOC)cccc3c2=O)c1OC(=O)OC. The minimum atomic E-state index is -1.28. The van der Waals surface area contributed by atoms with Crippen molar-refractivity contribution in [1.29, 1.82) is 0 Å². The first-order chi connectivity index (χ1) is 31.6. The van der Waals surface area contributed by atoms with E-state index in [2.05, 4.69) is 14.4 Å². The van der Waals surface area contributed by atoms with Crippen LogP contribution in [0.2, 0.25) is 0 Å². The lowest BCUT2D eigenvalue weighted by Crippen LogP contribution is -2.40. The summed E-state index contributed by atoms with van der Waals surface area (Å²) < 4.78 is 25.4. The van der Waals surface area contributed by atoms with Gasteiger partial charge in [-0.05, 0) is 62.1 Å². The van der Waals surface area contributed by atoms with E-state index in [4.69, 9.17) is 28.6 Å². The van der Waals surface area contributed by atoms with Gasteiger partial charge in [-0.25, -0.2) is 19.0 Å². The monoisotopic (exact) mass is 926 g/mol. The molecule has 0 atom stereocenters. The normalized spacial score (nSPS) is 10.7. The van der Waals surface area contributed by atoms with Crippen LogP contribution < -0.4 is 30.6 Å². The molecule has 4 rings (SSSR count). The lowest BCUT2D eigenvalue weighted by molar-refractivity contribution is -0.179. The second-order valence-electron chi connectivity index (χ2n) is 14.1. The highest BCUT2D eigenvalue weighted by molar-refractivity contribution is 5.99. The summed E-state index contributed by atoms with van der Waals surface area (Å²) in [5.41, 5.74) is -1.11. The topological polar surface area (TPSA) is 279 Å². The van der Waals surface area contributed by atoms with Crippen molar-refractivity contribution >= 4 is 47.0 Å². The average Bonchev–Trinajstić information content (AvgIpc) is 3.29. The number of phenols is 1. The van der Waals surface area contributed by atoms with Gasteiger partial charge in [-0.3, -0.25) is 24.0 Å². The van der Waals surface area contributed by atoms with Crippen LogP contribution in [0.1, 0.15) is 59.2 Å². The summed E-state index contributed by atoms with van der Waals surface area (Å²) in [6.07, 6.45) is -0.988. The van der Waals surface area contributed by atoms with Gasteiger partial charge in [0, 0.05) is 46.2 Å². The first kappa shape index (κ1) is 51.0. The lowest BCUT2D eigenvalue weighted by Gasteiger charge is -2.26. The van der Waals surface area contributed by atoms with Gasteiger partial charge in [0.1, 0.15) is 6.54 Å². The first-order valence-corrected chi connectivity index (χ1v) is 20.2. The number of aliphatic carboxylic acids is 1. The summed E-state index contributed by atoms with van der Waals surface area (Å²) >= 11 is 0. The maximum Gasteiger partial charge on any atom is 0.513 e. The van der Waals surface area contributed by atoms with E-state index in [0.717, 1.165) is 23.7 Å². The molecule has 0 unspecified atom stereocenters. The molecule has 3 amide bonds. The van der Waals surface area contributed by atoms with Crippen LogP contribution in [0.15, 0.2) is 68.6 Å². The number of carboxylic acids is 1. The molecule has 0 radical (unpaired) electrons. The van der Waals surface area contributed by atoms with E-state index in [-0.39, 0.29) is 97.1 Å². The van der Waals surface area contributed by atoms with Crippen LogP contribution in [-0.4, -0.2) is 134 Å². The number of aromatic hydroxyl groups is 1. The van der Waals surface area contributed by atoms with Gasteiger partial charge in [-0.1, -0.05) is 24.6 Å². The van der Waals surface area contributed by atoms with E-state index < -0.39 is 59.6 Å². The Kier molecular flexibility index (Phi) is 19.3. The Morgan fingerprint density at radius 3 is 1.95 bits per heavy atom. The number of nitrogens with zero attached hydrogens (tertiary/aromatic N) is 4. The van der Waals surface area contributed by atoms with E-state index in [9.17, 15) is 48.6 Å². The molecule has 66 heavy (non-hydrogen) atoms. The summed E-state index contributed by atoms with van der Waals surface area (Å²) in [6.45, 7) is -0.941. The molecule has 0 aliphatic carbocycles. The molecule has 0 aliphatic rings. The predicted octanol–water partition coefficient (Wildman–Crippen LogP) is 4.00. The number of amides is 3. The number of hydrogen-bond acceptors (Lipinski definition) is 18. The van der Waals surface area contributed by atoms with Gasteiger partial charge in [0.15, 0.2) is 22.8 Å². The third-order valence-electron chi connectivity index (χ3n) is 9.72. The zero-order valence-electron chi connectivity index (χ0n) is 36.8. The largest absolute Gasteiger partial charge is 0.513 e. The molecule has 3 aromatic carbocycles. The second kappa shape index (κ2) is 25.0. The molecular weight excluding hydrogens is 876 g/mol. The van der Waals surface area contributed by atoms with E-state index >= 15 is 0 Å². The zero-order valence-corrected chi connectivity index (χ0v) is 36.8. The molecule has 4 aromatic rings. The molecule has 0 bridgehead atoms.